The third-order valence-electron chi connectivity index (χ3n) is 2.97. The molecule has 1 aromatic carbocycles. The van der Waals surface area contributed by atoms with E-state index in [4.69, 9.17) is 9.47 Å². The Kier molecular flexibility index (Phi) is 4.34. The molecular formula is C14H11F5O4. The first-order chi connectivity index (χ1) is 10.5. The number of carbonyl (C=O) groups is 1. The van der Waals surface area contributed by atoms with Gasteiger partial charge in [0.05, 0.1) is 17.7 Å². The topological polar surface area (TPSA) is 55.8 Å². The maximum absolute atomic E-state index is 13.6. The molecule has 0 unspecified atom stereocenters. The molecule has 1 aromatic rings. The zero-order chi connectivity index (χ0) is 17.5. The Labute approximate surface area is 127 Å². The number of aliphatic hydroxyl groups excluding tert-OH is 1. The molecule has 1 heterocycles. The molecule has 4 nitrogen and oxygen atoms in total. The van der Waals surface area contributed by atoms with Crippen LogP contribution in [0.2, 0.25) is 0 Å². The van der Waals surface area contributed by atoms with Crippen molar-refractivity contribution in [3.8, 4) is 0 Å². The number of halogens is 5. The fourth-order valence-corrected chi connectivity index (χ4v) is 2.08. The van der Waals surface area contributed by atoms with Gasteiger partial charge in [-0.2, -0.15) is 0 Å². The van der Waals surface area contributed by atoms with E-state index in [0.717, 1.165) is 6.08 Å². The zero-order valence-corrected chi connectivity index (χ0v) is 11.9. The summed E-state index contributed by atoms with van der Waals surface area (Å²) >= 11 is 0. The van der Waals surface area contributed by atoms with Gasteiger partial charge in [-0.25, -0.2) is 26.7 Å². The van der Waals surface area contributed by atoms with Crippen LogP contribution >= 0.6 is 0 Å². The van der Waals surface area contributed by atoms with Crippen molar-refractivity contribution in [3.63, 3.8) is 0 Å². The van der Waals surface area contributed by atoms with E-state index in [1.165, 1.54) is 13.8 Å². The summed E-state index contributed by atoms with van der Waals surface area (Å²) in [7, 11) is 0. The standard InChI is InChI=1S/C14H11F5O4/c1-14(2)22-5(4-7(21)23-14)3-6(20)8-9(15)11(17)13(19)12(18)10(8)16/h4,6,20H,3H2,1-2H3/t6-/m1/s1. The van der Waals surface area contributed by atoms with Gasteiger partial charge in [0.25, 0.3) is 0 Å². The number of hydrogen-bond acceptors (Lipinski definition) is 4. The molecule has 0 aliphatic carbocycles. The summed E-state index contributed by atoms with van der Waals surface area (Å²) in [5.41, 5.74) is -1.40. The van der Waals surface area contributed by atoms with Crippen molar-refractivity contribution in [1.29, 1.82) is 0 Å². The highest BCUT2D eigenvalue weighted by Gasteiger charge is 2.34. The second kappa shape index (κ2) is 5.80. The summed E-state index contributed by atoms with van der Waals surface area (Å²) in [4.78, 5) is 11.3. The predicted octanol–water partition coefficient (Wildman–Crippen LogP) is 3.00. The van der Waals surface area contributed by atoms with Crippen LogP contribution in [0.3, 0.4) is 0 Å². The summed E-state index contributed by atoms with van der Waals surface area (Å²) in [5.74, 6) is -13.4. The normalized spacial score (nSPS) is 18.1. The summed E-state index contributed by atoms with van der Waals surface area (Å²) < 4.78 is 76.3. The van der Waals surface area contributed by atoms with E-state index in [1.54, 1.807) is 0 Å². The molecule has 2 rings (SSSR count). The number of ether oxygens (including phenoxy) is 2. The van der Waals surface area contributed by atoms with Crippen LogP contribution in [0, 0.1) is 29.1 Å². The molecule has 126 valence electrons. The number of carbonyl (C=O) groups excluding carboxylic acids is 1. The van der Waals surface area contributed by atoms with Crippen molar-refractivity contribution < 1.29 is 41.3 Å². The first-order valence-corrected chi connectivity index (χ1v) is 6.35. The van der Waals surface area contributed by atoms with E-state index >= 15 is 0 Å². The van der Waals surface area contributed by atoms with Gasteiger partial charge < -0.3 is 14.6 Å². The van der Waals surface area contributed by atoms with Crippen molar-refractivity contribution in [3.05, 3.63) is 46.5 Å². The SMILES string of the molecule is CC1(C)OC(=O)C=C(C[C@@H](O)c2c(F)c(F)c(F)c(F)c2F)O1. The number of hydrogen-bond donors (Lipinski definition) is 1. The van der Waals surface area contributed by atoms with Crippen molar-refractivity contribution in [2.45, 2.75) is 32.2 Å². The third-order valence-corrected chi connectivity index (χ3v) is 2.97. The molecular weight excluding hydrogens is 327 g/mol. The van der Waals surface area contributed by atoms with E-state index in [0.29, 0.717) is 0 Å². The second-order valence-corrected chi connectivity index (χ2v) is 5.24. The molecule has 1 aliphatic rings. The van der Waals surface area contributed by atoms with Crippen LogP contribution in [0.25, 0.3) is 0 Å². The minimum atomic E-state index is -2.33. The lowest BCUT2D eigenvalue weighted by Gasteiger charge is -2.31. The molecule has 0 amide bonds. The Morgan fingerprint density at radius 3 is 1.96 bits per heavy atom. The van der Waals surface area contributed by atoms with Crippen molar-refractivity contribution in [2.75, 3.05) is 0 Å². The molecule has 0 saturated carbocycles. The van der Waals surface area contributed by atoms with Crippen LogP contribution in [0.4, 0.5) is 22.0 Å². The molecule has 1 atom stereocenters. The molecule has 0 saturated heterocycles. The van der Waals surface area contributed by atoms with Crippen LogP contribution < -0.4 is 0 Å². The Hall–Kier alpha value is -2.16. The average molecular weight is 338 g/mol. The van der Waals surface area contributed by atoms with Crippen LogP contribution in [0.1, 0.15) is 31.9 Å². The van der Waals surface area contributed by atoms with Crippen LogP contribution in [-0.2, 0) is 14.3 Å². The highest BCUT2D eigenvalue weighted by molar-refractivity contribution is 5.83. The van der Waals surface area contributed by atoms with Gasteiger partial charge in [-0.3, -0.25) is 0 Å². The van der Waals surface area contributed by atoms with Gasteiger partial charge in [0, 0.05) is 20.3 Å². The monoisotopic (exact) mass is 338 g/mol. The van der Waals surface area contributed by atoms with Crippen LogP contribution in [0.5, 0.6) is 0 Å². The lowest BCUT2D eigenvalue weighted by Crippen LogP contribution is -2.34. The number of cyclic esters (lactones) is 1. The smallest absolute Gasteiger partial charge is 0.337 e. The molecule has 23 heavy (non-hydrogen) atoms. The highest BCUT2D eigenvalue weighted by atomic mass is 19.2. The minimum absolute atomic E-state index is 0.220. The van der Waals surface area contributed by atoms with E-state index in [2.05, 4.69) is 0 Å². The van der Waals surface area contributed by atoms with Gasteiger partial charge in [0.1, 0.15) is 5.76 Å². The summed E-state index contributed by atoms with van der Waals surface area (Å²) in [6, 6.07) is 0. The van der Waals surface area contributed by atoms with Crippen molar-refractivity contribution in [2.24, 2.45) is 0 Å². The molecule has 1 aliphatic heterocycles. The van der Waals surface area contributed by atoms with Gasteiger partial charge in [0.2, 0.25) is 11.6 Å². The summed E-state index contributed by atoms with van der Waals surface area (Å²) in [5, 5.41) is 9.82. The third kappa shape index (κ3) is 3.29. The van der Waals surface area contributed by atoms with Gasteiger partial charge in [0.15, 0.2) is 23.3 Å². The van der Waals surface area contributed by atoms with E-state index in [9.17, 15) is 31.9 Å². The number of esters is 1. The van der Waals surface area contributed by atoms with Gasteiger partial charge in [-0.05, 0) is 0 Å². The fourth-order valence-electron chi connectivity index (χ4n) is 2.08. The lowest BCUT2D eigenvalue weighted by atomic mass is 10.0. The first-order valence-electron chi connectivity index (χ1n) is 6.35. The van der Waals surface area contributed by atoms with Crippen LogP contribution in [0.15, 0.2) is 11.8 Å². The largest absolute Gasteiger partial charge is 0.457 e. The number of benzene rings is 1. The molecule has 0 aromatic heterocycles. The Morgan fingerprint density at radius 2 is 1.48 bits per heavy atom. The first kappa shape index (κ1) is 17.2. The van der Waals surface area contributed by atoms with E-state index in [-0.39, 0.29) is 5.76 Å². The Bertz CT molecular complexity index is 670. The predicted molar refractivity (Wildman–Crippen MR) is 65.1 cm³/mol. The molecule has 0 fully saturated rings. The fraction of sp³-hybridized carbons (Fsp3) is 0.357. The summed E-state index contributed by atoms with van der Waals surface area (Å²) in [6.07, 6.45) is -2.00. The second-order valence-electron chi connectivity index (χ2n) is 5.24. The zero-order valence-electron chi connectivity index (χ0n) is 11.9. The van der Waals surface area contributed by atoms with Gasteiger partial charge >= 0.3 is 5.97 Å². The Balaban J connectivity index is 2.36. The minimum Gasteiger partial charge on any atom is -0.457 e. The number of aliphatic hydroxyl groups is 1. The maximum atomic E-state index is 13.6. The quantitative estimate of drug-likeness (QED) is 0.398. The van der Waals surface area contributed by atoms with Crippen molar-refractivity contribution >= 4 is 5.97 Å². The maximum Gasteiger partial charge on any atom is 0.337 e. The molecule has 9 heteroatoms. The van der Waals surface area contributed by atoms with E-state index < -0.39 is 58.9 Å². The highest BCUT2D eigenvalue weighted by Crippen LogP contribution is 2.33. The van der Waals surface area contributed by atoms with Gasteiger partial charge in [-0.1, -0.05) is 0 Å². The molecule has 0 spiro atoms. The number of rotatable bonds is 3. The molecule has 0 radical (unpaired) electrons. The van der Waals surface area contributed by atoms with Crippen molar-refractivity contribution in [1.82, 2.24) is 0 Å². The lowest BCUT2D eigenvalue weighted by molar-refractivity contribution is -0.206. The van der Waals surface area contributed by atoms with Gasteiger partial charge in [-0.15, -0.1) is 0 Å². The molecule has 1 N–H and O–H groups in total. The van der Waals surface area contributed by atoms with Crippen LogP contribution in [-0.4, -0.2) is 16.9 Å². The van der Waals surface area contributed by atoms with E-state index in [1.807, 2.05) is 0 Å². The average Bonchev–Trinajstić information content (AvgIpc) is 2.41. The molecule has 0 bridgehead atoms. The Morgan fingerprint density at radius 1 is 1.00 bits per heavy atom. The summed E-state index contributed by atoms with van der Waals surface area (Å²) in [6.45, 7) is 2.73.